The van der Waals surface area contributed by atoms with E-state index in [1.165, 1.54) is 25.4 Å². The average Bonchev–Trinajstić information content (AvgIpc) is 3.48. The fourth-order valence-corrected chi connectivity index (χ4v) is 3.84. The van der Waals surface area contributed by atoms with Gasteiger partial charge in [-0.3, -0.25) is 4.79 Å². The number of amides is 1. The first kappa shape index (κ1) is 23.1. The predicted molar refractivity (Wildman–Crippen MR) is 120 cm³/mol. The number of rotatable bonds is 7. The van der Waals surface area contributed by atoms with E-state index in [1.807, 2.05) is 0 Å². The first-order valence-electron chi connectivity index (χ1n) is 10.7. The summed E-state index contributed by atoms with van der Waals surface area (Å²) in [4.78, 5) is 16.2. The van der Waals surface area contributed by atoms with E-state index >= 15 is 0 Å². The van der Waals surface area contributed by atoms with Gasteiger partial charge in [-0.05, 0) is 36.4 Å². The Labute approximate surface area is 202 Å². The van der Waals surface area contributed by atoms with Crippen molar-refractivity contribution in [1.82, 2.24) is 20.5 Å². The number of hydrogen-bond donors (Lipinski definition) is 2. The highest BCUT2D eigenvalue weighted by Crippen LogP contribution is 2.33. The Balaban J connectivity index is 1.32. The van der Waals surface area contributed by atoms with Crippen molar-refractivity contribution in [2.24, 2.45) is 0 Å². The molecule has 1 amide bonds. The summed E-state index contributed by atoms with van der Waals surface area (Å²) in [7, 11) is 1.30. The van der Waals surface area contributed by atoms with Crippen LogP contribution in [0.25, 0.3) is 11.5 Å². The minimum Gasteiger partial charge on any atom is -0.497 e. The van der Waals surface area contributed by atoms with E-state index in [4.69, 9.17) is 13.9 Å². The minimum absolute atomic E-state index is 0.00991. The molecule has 1 fully saturated rings. The lowest BCUT2D eigenvalue weighted by Crippen LogP contribution is -2.33. The van der Waals surface area contributed by atoms with Crippen LogP contribution in [-0.2, 0) is 4.79 Å². The van der Waals surface area contributed by atoms with Gasteiger partial charge in [-0.25, -0.2) is 18.2 Å². The maximum Gasteiger partial charge on any atom is 0.316 e. The highest BCUT2D eigenvalue weighted by molar-refractivity contribution is 5.88. The van der Waals surface area contributed by atoms with E-state index < -0.39 is 35.3 Å². The quantitative estimate of drug-likeness (QED) is 0.394. The third-order valence-electron chi connectivity index (χ3n) is 5.58. The predicted octanol–water partition coefficient (Wildman–Crippen LogP) is 4.04. The smallest absolute Gasteiger partial charge is 0.316 e. The maximum atomic E-state index is 14.6. The molecule has 184 valence electrons. The molecule has 0 unspecified atom stereocenters. The van der Waals surface area contributed by atoms with Gasteiger partial charge in [0, 0.05) is 41.9 Å². The first-order valence-corrected chi connectivity index (χ1v) is 10.7. The Morgan fingerprint density at radius 2 is 1.78 bits per heavy atom. The lowest BCUT2D eigenvalue weighted by molar-refractivity contribution is -0.119. The van der Waals surface area contributed by atoms with E-state index in [0.29, 0.717) is 11.3 Å². The number of anilines is 1. The van der Waals surface area contributed by atoms with Crippen molar-refractivity contribution in [3.05, 3.63) is 77.7 Å². The number of benzene rings is 2. The molecule has 1 aliphatic heterocycles. The molecule has 0 spiro atoms. The number of carbonyl (C=O) groups is 1. The molecule has 2 N–H and O–H groups in total. The molecule has 2 atom stereocenters. The zero-order valence-corrected chi connectivity index (χ0v) is 18.7. The van der Waals surface area contributed by atoms with Crippen molar-refractivity contribution in [2.75, 3.05) is 19.0 Å². The summed E-state index contributed by atoms with van der Waals surface area (Å²) < 4.78 is 58.9. The molecule has 0 bridgehead atoms. The van der Waals surface area contributed by atoms with E-state index in [0.717, 1.165) is 12.1 Å². The molecule has 0 radical (unpaired) electrons. The van der Waals surface area contributed by atoms with Crippen LogP contribution in [0.4, 0.5) is 19.2 Å². The van der Waals surface area contributed by atoms with Gasteiger partial charge in [-0.1, -0.05) is 5.10 Å². The number of ether oxygens (including phenoxy) is 2. The second-order valence-corrected chi connectivity index (χ2v) is 7.81. The largest absolute Gasteiger partial charge is 0.497 e. The Morgan fingerprint density at radius 1 is 1.03 bits per heavy atom. The van der Waals surface area contributed by atoms with Crippen LogP contribution < -0.4 is 20.1 Å². The van der Waals surface area contributed by atoms with Gasteiger partial charge in [0.15, 0.2) is 5.82 Å². The van der Waals surface area contributed by atoms with Crippen LogP contribution in [0.2, 0.25) is 0 Å². The molecule has 2 aromatic carbocycles. The van der Waals surface area contributed by atoms with Gasteiger partial charge in [0.25, 0.3) is 5.88 Å². The standard InChI is InChI=1S/C24H18F3N5O4/c1-34-14-9-17(26)19(18(27)10-14)15-11-29-21(33)20(15)30-24-32-31-22(36-24)12-4-6-13(7-5-12)35-23-16(25)3-2-8-28-23/h2-10,15,20H,11H2,1H3,(H,29,33)(H,30,32)/t15-,20-/m0/s1. The zero-order valence-electron chi connectivity index (χ0n) is 18.7. The number of nitrogens with one attached hydrogen (secondary N) is 2. The van der Waals surface area contributed by atoms with Crippen molar-refractivity contribution in [3.63, 3.8) is 0 Å². The van der Waals surface area contributed by atoms with Crippen LogP contribution in [0.3, 0.4) is 0 Å². The molecule has 9 nitrogen and oxygen atoms in total. The number of hydrogen-bond acceptors (Lipinski definition) is 8. The number of pyridine rings is 1. The molecular weight excluding hydrogens is 479 g/mol. The summed E-state index contributed by atoms with van der Waals surface area (Å²) in [6.07, 6.45) is 1.41. The molecule has 3 heterocycles. The van der Waals surface area contributed by atoms with Gasteiger partial charge in [0.2, 0.25) is 11.8 Å². The number of methoxy groups -OCH3 is 1. The molecular formula is C24H18F3N5O4. The molecule has 1 aliphatic rings. The molecule has 0 saturated carbocycles. The van der Waals surface area contributed by atoms with Gasteiger partial charge in [-0.2, -0.15) is 0 Å². The van der Waals surface area contributed by atoms with Crippen molar-refractivity contribution in [1.29, 1.82) is 0 Å². The van der Waals surface area contributed by atoms with Crippen molar-refractivity contribution in [2.45, 2.75) is 12.0 Å². The van der Waals surface area contributed by atoms with E-state index in [9.17, 15) is 18.0 Å². The molecule has 12 heteroatoms. The molecule has 4 aromatic rings. The summed E-state index contributed by atoms with van der Waals surface area (Å²) in [6.45, 7) is 0.00991. The summed E-state index contributed by atoms with van der Waals surface area (Å²) in [5, 5.41) is 13.2. The Kier molecular flexibility index (Phi) is 6.15. The van der Waals surface area contributed by atoms with Crippen molar-refractivity contribution < 1.29 is 31.9 Å². The third-order valence-corrected chi connectivity index (χ3v) is 5.58. The second kappa shape index (κ2) is 9.56. The number of nitrogens with zero attached hydrogens (tertiary/aromatic N) is 3. The van der Waals surface area contributed by atoms with Crippen LogP contribution in [-0.4, -0.2) is 40.8 Å². The second-order valence-electron chi connectivity index (χ2n) is 7.81. The average molecular weight is 497 g/mol. The van der Waals surface area contributed by atoms with Gasteiger partial charge < -0.3 is 24.5 Å². The van der Waals surface area contributed by atoms with Gasteiger partial charge >= 0.3 is 6.01 Å². The maximum absolute atomic E-state index is 14.6. The topological polar surface area (TPSA) is 111 Å². The Bertz CT molecular complexity index is 1390. The summed E-state index contributed by atoms with van der Waals surface area (Å²) in [5.74, 6) is -3.30. The van der Waals surface area contributed by atoms with E-state index in [1.54, 1.807) is 24.3 Å². The number of aromatic nitrogens is 3. The number of carbonyl (C=O) groups excluding carboxylic acids is 1. The van der Waals surface area contributed by atoms with Gasteiger partial charge in [-0.15, -0.1) is 5.10 Å². The Morgan fingerprint density at radius 3 is 2.47 bits per heavy atom. The molecule has 0 aliphatic carbocycles. The Hall–Kier alpha value is -4.61. The minimum atomic E-state index is -1.06. The van der Waals surface area contributed by atoms with Crippen molar-refractivity contribution in [3.8, 4) is 28.8 Å². The third kappa shape index (κ3) is 4.52. The van der Waals surface area contributed by atoms with Gasteiger partial charge in [0.1, 0.15) is 29.2 Å². The zero-order chi connectivity index (χ0) is 25.2. The number of halogens is 3. The van der Waals surface area contributed by atoms with E-state index in [2.05, 4.69) is 25.8 Å². The normalized spacial score (nSPS) is 17.1. The fraction of sp³-hybridized carbons (Fsp3) is 0.167. The van der Waals surface area contributed by atoms with Crippen LogP contribution >= 0.6 is 0 Å². The molecule has 5 rings (SSSR count). The fourth-order valence-electron chi connectivity index (χ4n) is 3.84. The monoisotopic (exact) mass is 497 g/mol. The molecule has 1 saturated heterocycles. The highest BCUT2D eigenvalue weighted by Gasteiger charge is 2.40. The first-order chi connectivity index (χ1) is 17.4. The summed E-state index contributed by atoms with van der Waals surface area (Å²) >= 11 is 0. The summed E-state index contributed by atoms with van der Waals surface area (Å²) in [5.41, 5.74) is 0.260. The lowest BCUT2D eigenvalue weighted by atomic mass is 9.93. The highest BCUT2D eigenvalue weighted by atomic mass is 19.1. The molecule has 36 heavy (non-hydrogen) atoms. The van der Waals surface area contributed by atoms with E-state index in [-0.39, 0.29) is 35.6 Å². The molecule has 2 aromatic heterocycles. The van der Waals surface area contributed by atoms with Crippen LogP contribution in [0.15, 0.2) is 59.1 Å². The van der Waals surface area contributed by atoms with Crippen molar-refractivity contribution >= 4 is 11.9 Å². The van der Waals surface area contributed by atoms with Crippen LogP contribution in [0, 0.1) is 17.5 Å². The lowest BCUT2D eigenvalue weighted by Gasteiger charge is -2.19. The van der Waals surface area contributed by atoms with Crippen LogP contribution in [0.1, 0.15) is 11.5 Å². The summed E-state index contributed by atoms with van der Waals surface area (Å²) in [6, 6.07) is 9.98. The van der Waals surface area contributed by atoms with Gasteiger partial charge in [0.05, 0.1) is 7.11 Å². The van der Waals surface area contributed by atoms with Crippen LogP contribution in [0.5, 0.6) is 17.4 Å². The SMILES string of the molecule is COc1cc(F)c([C@@H]2CNC(=O)[C@H]2Nc2nnc(-c3ccc(Oc4ncccc4F)cc3)o2)c(F)c1.